The van der Waals surface area contributed by atoms with Crippen LogP contribution in [0.25, 0.3) is 27.5 Å². The molecule has 0 radical (unpaired) electrons. The number of hydrogen-bond acceptors (Lipinski definition) is 2. The summed E-state index contributed by atoms with van der Waals surface area (Å²) in [7, 11) is 0. The van der Waals surface area contributed by atoms with Gasteiger partial charge in [-0.05, 0) is 29.8 Å². The van der Waals surface area contributed by atoms with Gasteiger partial charge < -0.3 is 4.57 Å². The fraction of sp³-hybridized carbons (Fsp3) is 0.0526. The van der Waals surface area contributed by atoms with E-state index in [0.717, 1.165) is 11.3 Å². The van der Waals surface area contributed by atoms with E-state index in [1.165, 1.54) is 21.8 Å². The highest BCUT2D eigenvalue weighted by atomic mass is 15.0. The summed E-state index contributed by atoms with van der Waals surface area (Å²) in [5.41, 5.74) is 11.6. The van der Waals surface area contributed by atoms with Crippen LogP contribution in [0.4, 0.5) is 0 Å². The number of fused-ring (bicyclic) bond motifs is 3. The Balaban J connectivity index is 2.01. The van der Waals surface area contributed by atoms with Crippen LogP contribution in [-0.2, 0) is 6.54 Å². The van der Waals surface area contributed by atoms with Crippen LogP contribution in [0.1, 0.15) is 5.56 Å². The van der Waals surface area contributed by atoms with E-state index in [4.69, 9.17) is 5.53 Å². The number of aromatic nitrogens is 1. The topological polar surface area (TPSA) is 41.1 Å². The Morgan fingerprint density at radius 3 is 1.82 bits per heavy atom. The average Bonchev–Trinajstić information content (AvgIpc) is 2.91. The van der Waals surface area contributed by atoms with Gasteiger partial charge in [-0.25, -0.2) is 5.53 Å². The second-order valence-corrected chi connectivity index (χ2v) is 5.35. The third-order valence-electron chi connectivity index (χ3n) is 4.04. The van der Waals surface area contributed by atoms with Gasteiger partial charge in [-0.2, -0.15) is 5.11 Å². The lowest BCUT2D eigenvalue weighted by Crippen LogP contribution is -1.94. The van der Waals surface area contributed by atoms with E-state index >= 15 is 0 Å². The van der Waals surface area contributed by atoms with Crippen molar-refractivity contribution in [3.63, 3.8) is 0 Å². The minimum atomic E-state index is 0.438. The van der Waals surface area contributed by atoms with Gasteiger partial charge in [-0.3, -0.25) is 0 Å². The van der Waals surface area contributed by atoms with Crippen molar-refractivity contribution in [1.29, 1.82) is 5.53 Å². The van der Waals surface area contributed by atoms with Crippen LogP contribution in [-0.4, -0.2) is 4.57 Å². The monoisotopic (exact) mass is 285 g/mol. The predicted molar refractivity (Wildman–Crippen MR) is 89.6 cm³/mol. The number of hydrogen-bond donors (Lipinski definition) is 1. The number of benzene rings is 3. The third-order valence-corrected chi connectivity index (χ3v) is 4.04. The van der Waals surface area contributed by atoms with Crippen LogP contribution in [0.5, 0.6) is 0 Å². The van der Waals surface area contributed by atoms with Gasteiger partial charge in [0.1, 0.15) is 0 Å². The summed E-state index contributed by atoms with van der Waals surface area (Å²) in [6, 6.07) is 25.2. The molecule has 0 spiro atoms. The summed E-state index contributed by atoms with van der Waals surface area (Å²) in [5, 5.41) is 5.98. The van der Waals surface area contributed by atoms with Crippen molar-refractivity contribution in [2.75, 3.05) is 0 Å². The molecule has 1 heterocycles. The number of rotatable bonds is 3. The fourth-order valence-electron chi connectivity index (χ4n) is 3.04. The Labute approximate surface area is 128 Å². The van der Waals surface area contributed by atoms with Crippen molar-refractivity contribution >= 4 is 21.8 Å². The van der Waals surface area contributed by atoms with Crippen LogP contribution < -0.4 is 0 Å². The summed E-state index contributed by atoms with van der Waals surface area (Å²) >= 11 is 0. The normalized spacial score (nSPS) is 11.1. The maximum absolute atomic E-state index is 6.97. The lowest BCUT2D eigenvalue weighted by atomic mass is 10.2. The Morgan fingerprint density at radius 1 is 0.727 bits per heavy atom. The van der Waals surface area contributed by atoms with E-state index in [9.17, 15) is 0 Å². The first-order chi connectivity index (χ1) is 10.9. The molecule has 106 valence electrons. The lowest BCUT2D eigenvalue weighted by Gasteiger charge is -2.08. The molecule has 1 aromatic heterocycles. The molecule has 0 aliphatic heterocycles. The van der Waals surface area contributed by atoms with Gasteiger partial charge in [-0.15, -0.1) is 0 Å². The fourth-order valence-corrected chi connectivity index (χ4v) is 3.04. The van der Waals surface area contributed by atoms with Gasteiger partial charge in [0.2, 0.25) is 0 Å². The van der Waals surface area contributed by atoms with Gasteiger partial charge in [0.25, 0.3) is 0 Å². The van der Waals surface area contributed by atoms with E-state index in [-0.39, 0.29) is 0 Å². The van der Waals surface area contributed by atoms with Crippen molar-refractivity contribution < 1.29 is 0 Å². The summed E-state index contributed by atoms with van der Waals surface area (Å²) in [4.78, 5) is 0. The molecule has 1 N–H and O–H groups in total. The summed E-state index contributed by atoms with van der Waals surface area (Å²) in [6.07, 6.45) is 0. The lowest BCUT2D eigenvalue weighted by molar-refractivity contribution is 0.907. The van der Waals surface area contributed by atoms with E-state index in [1.54, 1.807) is 0 Å². The van der Waals surface area contributed by atoms with E-state index < -0.39 is 0 Å². The van der Waals surface area contributed by atoms with Gasteiger partial charge in [0, 0.05) is 16.5 Å². The first kappa shape index (κ1) is 12.8. The summed E-state index contributed by atoms with van der Waals surface area (Å²) in [5.74, 6) is 0. The smallest absolute Gasteiger partial charge is 0.0846 e. The molecule has 0 amide bonds. The number of nitrogens with zero attached hydrogens (tertiary/aromatic N) is 2. The molecular weight excluding hydrogens is 270 g/mol. The summed E-state index contributed by atoms with van der Waals surface area (Å²) < 4.78 is 2.28. The zero-order valence-electron chi connectivity index (χ0n) is 12.0. The minimum absolute atomic E-state index is 0.438. The molecule has 0 saturated heterocycles. The first-order valence-electron chi connectivity index (χ1n) is 7.29. The van der Waals surface area contributed by atoms with Gasteiger partial charge in [-0.1, -0.05) is 48.5 Å². The zero-order valence-corrected chi connectivity index (χ0v) is 12.0. The highest BCUT2D eigenvalue weighted by Gasteiger charge is 2.10. The molecule has 3 aromatic carbocycles. The highest BCUT2D eigenvalue weighted by Crippen LogP contribution is 2.31. The zero-order chi connectivity index (χ0) is 14.9. The van der Waals surface area contributed by atoms with Crippen molar-refractivity contribution in [2.24, 2.45) is 5.11 Å². The molecule has 0 atom stereocenters. The van der Waals surface area contributed by atoms with Gasteiger partial charge >= 0.3 is 0 Å². The van der Waals surface area contributed by atoms with Crippen molar-refractivity contribution in [2.45, 2.75) is 6.54 Å². The Kier molecular flexibility index (Phi) is 2.97. The van der Waals surface area contributed by atoms with E-state index in [2.05, 4.69) is 70.3 Å². The Morgan fingerprint density at radius 2 is 1.27 bits per heavy atom. The van der Waals surface area contributed by atoms with Crippen LogP contribution in [0, 0.1) is 5.53 Å². The highest BCUT2D eigenvalue weighted by molar-refractivity contribution is 6.09. The molecule has 4 rings (SSSR count). The van der Waals surface area contributed by atoms with Crippen LogP contribution in [0.2, 0.25) is 0 Å². The van der Waals surface area contributed by atoms with Crippen LogP contribution in [0.15, 0.2) is 77.9 Å². The van der Waals surface area contributed by atoms with E-state index in [0.29, 0.717) is 6.54 Å². The largest absolute Gasteiger partial charge is 0.309 e. The average molecular weight is 285 g/mol. The van der Waals surface area contributed by atoms with Crippen LogP contribution in [0.3, 0.4) is 0 Å². The summed E-state index contributed by atoms with van der Waals surface area (Å²) in [6.45, 7) is 0.438. The Hall–Kier alpha value is -2.94. The predicted octanol–water partition coefficient (Wildman–Crippen LogP) is 5.31. The second kappa shape index (κ2) is 5.11. The molecule has 0 bridgehead atoms. The maximum atomic E-state index is 6.97. The third kappa shape index (κ3) is 1.91. The molecule has 0 saturated carbocycles. The van der Waals surface area contributed by atoms with E-state index in [1.807, 2.05) is 12.1 Å². The second-order valence-electron chi connectivity index (χ2n) is 5.35. The number of nitrogens with one attached hydrogen (secondary N) is 1. The molecule has 0 aliphatic rings. The minimum Gasteiger partial charge on any atom is -0.309 e. The van der Waals surface area contributed by atoms with Crippen molar-refractivity contribution in [3.8, 4) is 5.69 Å². The van der Waals surface area contributed by atoms with Crippen LogP contribution >= 0.6 is 0 Å². The standard InChI is InChI=1S/C19H15N3/c20-21-13-14-9-11-15(12-10-14)22-18-7-3-1-5-16(18)17-6-2-4-8-19(17)22/h1-12,20H,13H2. The van der Waals surface area contributed by atoms with Gasteiger partial charge in [0.05, 0.1) is 17.6 Å². The quantitative estimate of drug-likeness (QED) is 0.495. The molecule has 4 aromatic rings. The molecule has 22 heavy (non-hydrogen) atoms. The number of para-hydroxylation sites is 2. The molecule has 0 fully saturated rings. The molecule has 3 heteroatoms. The molecule has 0 unspecified atom stereocenters. The molecule has 3 nitrogen and oxygen atoms in total. The first-order valence-corrected chi connectivity index (χ1v) is 7.29. The van der Waals surface area contributed by atoms with Crippen molar-refractivity contribution in [3.05, 3.63) is 78.4 Å². The Bertz CT molecular complexity index is 912. The maximum Gasteiger partial charge on any atom is 0.0846 e. The SMILES string of the molecule is N=NCc1ccc(-n2c3ccccc3c3ccccc32)cc1. The van der Waals surface area contributed by atoms with Crippen molar-refractivity contribution in [1.82, 2.24) is 4.57 Å². The molecule has 0 aliphatic carbocycles. The van der Waals surface area contributed by atoms with Gasteiger partial charge in [0.15, 0.2) is 0 Å². The molecular formula is C19H15N3.